The molecule has 0 spiro atoms. The Morgan fingerprint density at radius 3 is 2.06 bits per heavy atom. The van der Waals surface area contributed by atoms with Gasteiger partial charge < -0.3 is 30.0 Å². The fourth-order valence-electron chi connectivity index (χ4n) is 6.20. The van der Waals surface area contributed by atoms with Gasteiger partial charge in [-0.3, -0.25) is 9.59 Å². The second-order valence-electron chi connectivity index (χ2n) is 13.3. The molecule has 0 aromatic heterocycles. The molecular formula is C43H56N2O6. The second-order valence-corrected chi connectivity index (χ2v) is 13.3. The molecule has 51 heavy (non-hydrogen) atoms. The average Bonchev–Trinajstić information content (AvgIpc) is 3.12. The third-order valence-electron chi connectivity index (χ3n) is 9.06. The van der Waals surface area contributed by atoms with E-state index in [9.17, 15) is 14.7 Å². The first kappa shape index (κ1) is 39.1. The highest BCUT2D eigenvalue weighted by Crippen LogP contribution is 2.39. The van der Waals surface area contributed by atoms with Crippen molar-refractivity contribution in [2.45, 2.75) is 117 Å². The van der Waals surface area contributed by atoms with Crippen LogP contribution in [0.1, 0.15) is 110 Å². The minimum atomic E-state index is -0.796. The molecule has 0 saturated heterocycles. The Morgan fingerprint density at radius 1 is 0.706 bits per heavy atom. The molecule has 0 saturated carbocycles. The standard InChI is InChI=1S/C43H56N2O6/c1-5-7-9-11-13-15-18-32-22-27-36-33(28-32)19-17-21-40(36)51-41(20-16-14-12-10-8-6-2)43(48)45-38-29-39(47)37(44-31(3)46)30-42(38)50-35-25-23-34(49-4)24-26-35/h17,19,21-30,41,47H,5-16,18,20H2,1-4H3,(H,44,46)(H,45,48). The predicted molar refractivity (Wildman–Crippen MR) is 208 cm³/mol. The lowest BCUT2D eigenvalue weighted by molar-refractivity contribution is -0.123. The highest BCUT2D eigenvalue weighted by molar-refractivity contribution is 5.98. The number of phenols is 1. The minimum Gasteiger partial charge on any atom is -0.506 e. The summed E-state index contributed by atoms with van der Waals surface area (Å²) in [5, 5.41) is 18.4. The third-order valence-corrected chi connectivity index (χ3v) is 9.06. The zero-order chi connectivity index (χ0) is 36.4. The number of amides is 2. The normalized spacial score (nSPS) is 11.6. The molecule has 4 aromatic rings. The number of unbranched alkanes of at least 4 members (excludes halogenated alkanes) is 10. The van der Waals surface area contributed by atoms with Gasteiger partial charge in [-0.05, 0) is 67.0 Å². The summed E-state index contributed by atoms with van der Waals surface area (Å²) in [6.07, 6.45) is 14.8. The van der Waals surface area contributed by atoms with Crippen LogP contribution in [0.2, 0.25) is 0 Å². The molecule has 3 N–H and O–H groups in total. The average molecular weight is 697 g/mol. The zero-order valence-electron chi connectivity index (χ0n) is 30.9. The fraction of sp³-hybridized carbons (Fsp3) is 0.442. The lowest BCUT2D eigenvalue weighted by atomic mass is 10.0. The van der Waals surface area contributed by atoms with E-state index in [1.165, 1.54) is 82.4 Å². The number of phenolic OH excluding ortho intramolecular Hbond substituents is 1. The summed E-state index contributed by atoms with van der Waals surface area (Å²) in [5.74, 6) is 1.14. The van der Waals surface area contributed by atoms with Crippen LogP contribution in [0.4, 0.5) is 11.4 Å². The Kier molecular flexibility index (Phi) is 16.0. The van der Waals surface area contributed by atoms with Crippen LogP contribution in [0.25, 0.3) is 10.8 Å². The number of carbonyl (C=O) groups excluding carboxylic acids is 2. The molecule has 0 aliphatic carbocycles. The number of hydrogen-bond acceptors (Lipinski definition) is 6. The summed E-state index contributed by atoms with van der Waals surface area (Å²) in [7, 11) is 1.58. The van der Waals surface area contributed by atoms with Crippen molar-refractivity contribution in [2.75, 3.05) is 17.7 Å². The van der Waals surface area contributed by atoms with Gasteiger partial charge in [0.05, 0.1) is 18.5 Å². The molecular weight excluding hydrogens is 640 g/mol. The third kappa shape index (κ3) is 12.5. The van der Waals surface area contributed by atoms with Crippen LogP contribution < -0.4 is 24.8 Å². The van der Waals surface area contributed by atoms with E-state index >= 15 is 0 Å². The molecule has 0 aliphatic heterocycles. The van der Waals surface area contributed by atoms with Gasteiger partial charge in [-0.2, -0.15) is 0 Å². The molecule has 0 radical (unpaired) electrons. The molecule has 274 valence electrons. The number of rotatable bonds is 22. The monoisotopic (exact) mass is 696 g/mol. The zero-order valence-corrected chi connectivity index (χ0v) is 30.9. The number of aryl methyl sites for hydroxylation is 1. The van der Waals surface area contributed by atoms with E-state index in [0.717, 1.165) is 36.5 Å². The number of benzene rings is 4. The Bertz CT molecular complexity index is 1690. The summed E-state index contributed by atoms with van der Waals surface area (Å²) in [6, 6.07) is 22.4. The van der Waals surface area contributed by atoms with E-state index < -0.39 is 6.10 Å². The number of nitrogens with one attached hydrogen (secondary N) is 2. The summed E-state index contributed by atoms with van der Waals surface area (Å²) >= 11 is 0. The first-order valence-corrected chi connectivity index (χ1v) is 18.8. The first-order valence-electron chi connectivity index (χ1n) is 18.8. The minimum absolute atomic E-state index is 0.163. The molecule has 0 heterocycles. The number of ether oxygens (including phenoxy) is 3. The van der Waals surface area contributed by atoms with Gasteiger partial charge in [-0.25, -0.2) is 0 Å². The molecule has 8 heteroatoms. The van der Waals surface area contributed by atoms with Gasteiger partial charge in [0.1, 0.15) is 23.0 Å². The number of hydrogen-bond donors (Lipinski definition) is 3. The molecule has 0 bridgehead atoms. The maximum absolute atomic E-state index is 14.1. The van der Waals surface area contributed by atoms with Crippen molar-refractivity contribution in [1.82, 2.24) is 0 Å². The maximum atomic E-state index is 14.1. The fourth-order valence-corrected chi connectivity index (χ4v) is 6.20. The second kappa shape index (κ2) is 20.8. The number of anilines is 2. The van der Waals surface area contributed by atoms with Crippen LogP contribution >= 0.6 is 0 Å². The van der Waals surface area contributed by atoms with E-state index in [0.29, 0.717) is 23.7 Å². The van der Waals surface area contributed by atoms with Crippen molar-refractivity contribution in [2.24, 2.45) is 0 Å². The predicted octanol–water partition coefficient (Wildman–Crippen LogP) is 11.3. The maximum Gasteiger partial charge on any atom is 0.265 e. The molecule has 0 fully saturated rings. The van der Waals surface area contributed by atoms with Crippen molar-refractivity contribution < 1.29 is 28.9 Å². The van der Waals surface area contributed by atoms with Crippen molar-refractivity contribution >= 4 is 34.0 Å². The SMILES string of the molecule is CCCCCCCCc1ccc2c(OC(CCCCCCCC)C(=O)Nc3cc(O)c(NC(C)=O)cc3Oc3ccc(OC)cc3)cccc2c1. The van der Waals surface area contributed by atoms with E-state index in [-0.39, 0.29) is 34.7 Å². The van der Waals surface area contributed by atoms with Crippen LogP contribution in [-0.4, -0.2) is 30.1 Å². The number of methoxy groups -OCH3 is 1. The highest BCUT2D eigenvalue weighted by Gasteiger charge is 2.24. The molecule has 1 atom stereocenters. The van der Waals surface area contributed by atoms with Gasteiger partial charge in [0.2, 0.25) is 5.91 Å². The van der Waals surface area contributed by atoms with Crippen LogP contribution in [0, 0.1) is 0 Å². The highest BCUT2D eigenvalue weighted by atomic mass is 16.5. The number of aromatic hydroxyl groups is 1. The van der Waals surface area contributed by atoms with Crippen molar-refractivity contribution in [3.8, 4) is 28.7 Å². The van der Waals surface area contributed by atoms with Gasteiger partial charge in [0.15, 0.2) is 11.9 Å². The number of fused-ring (bicyclic) bond motifs is 1. The summed E-state index contributed by atoms with van der Waals surface area (Å²) in [6.45, 7) is 5.79. The molecule has 4 aromatic carbocycles. The molecule has 0 aliphatic rings. The molecule has 1 unspecified atom stereocenters. The molecule has 2 amide bonds. The lowest BCUT2D eigenvalue weighted by Gasteiger charge is -2.22. The number of carbonyl (C=O) groups is 2. The van der Waals surface area contributed by atoms with Gasteiger partial charge in [0, 0.05) is 24.4 Å². The Hall–Kier alpha value is -4.72. The van der Waals surface area contributed by atoms with Crippen LogP contribution in [0.3, 0.4) is 0 Å². The van der Waals surface area contributed by atoms with E-state index in [4.69, 9.17) is 14.2 Å². The van der Waals surface area contributed by atoms with E-state index in [1.54, 1.807) is 31.4 Å². The van der Waals surface area contributed by atoms with Gasteiger partial charge in [-0.15, -0.1) is 0 Å². The van der Waals surface area contributed by atoms with Crippen molar-refractivity contribution in [1.29, 1.82) is 0 Å². The van der Waals surface area contributed by atoms with E-state index in [2.05, 4.69) is 48.7 Å². The summed E-state index contributed by atoms with van der Waals surface area (Å²) in [4.78, 5) is 25.9. The molecule has 8 nitrogen and oxygen atoms in total. The Labute approximate surface area is 303 Å². The topological polar surface area (TPSA) is 106 Å². The largest absolute Gasteiger partial charge is 0.506 e. The van der Waals surface area contributed by atoms with Crippen molar-refractivity contribution in [3.63, 3.8) is 0 Å². The van der Waals surface area contributed by atoms with Crippen molar-refractivity contribution in [3.05, 3.63) is 78.4 Å². The van der Waals surface area contributed by atoms with Crippen LogP contribution in [-0.2, 0) is 16.0 Å². The molecule has 4 rings (SSSR count). The van der Waals surface area contributed by atoms with Gasteiger partial charge in [0.25, 0.3) is 5.91 Å². The summed E-state index contributed by atoms with van der Waals surface area (Å²) < 4.78 is 18.0. The van der Waals surface area contributed by atoms with Crippen LogP contribution in [0.5, 0.6) is 28.7 Å². The van der Waals surface area contributed by atoms with E-state index in [1.807, 2.05) is 12.1 Å². The first-order chi connectivity index (χ1) is 24.8. The smallest absolute Gasteiger partial charge is 0.265 e. The lowest BCUT2D eigenvalue weighted by Crippen LogP contribution is -2.33. The Balaban J connectivity index is 1.56. The van der Waals surface area contributed by atoms with Gasteiger partial charge >= 0.3 is 0 Å². The van der Waals surface area contributed by atoms with Gasteiger partial charge in [-0.1, -0.05) is 108 Å². The Morgan fingerprint density at radius 2 is 1.37 bits per heavy atom. The quantitative estimate of drug-likeness (QED) is 0.0558. The summed E-state index contributed by atoms with van der Waals surface area (Å²) in [5.41, 5.74) is 1.72. The van der Waals surface area contributed by atoms with Crippen LogP contribution in [0.15, 0.2) is 72.8 Å².